The van der Waals surface area contributed by atoms with E-state index in [0.717, 1.165) is 11.3 Å². The maximum absolute atomic E-state index is 12.2. The Morgan fingerprint density at radius 2 is 1.96 bits per heavy atom. The van der Waals surface area contributed by atoms with Crippen LogP contribution in [0.5, 0.6) is 0 Å². The van der Waals surface area contributed by atoms with Crippen molar-refractivity contribution in [3.63, 3.8) is 0 Å². The molecular formula is C18H23N7O2S. The molecule has 9 nitrogen and oxygen atoms in total. The lowest BCUT2D eigenvalue weighted by Crippen LogP contribution is -2.25. The summed E-state index contributed by atoms with van der Waals surface area (Å²) in [6.07, 6.45) is 4.17. The largest absolute Gasteiger partial charge is 0.383 e. The summed E-state index contributed by atoms with van der Waals surface area (Å²) in [5, 5.41) is 11.3. The lowest BCUT2D eigenvalue weighted by Gasteiger charge is -2.05. The fourth-order valence-corrected chi connectivity index (χ4v) is 3.85. The Bertz CT molecular complexity index is 1020. The molecule has 0 saturated carbocycles. The normalized spacial score (nSPS) is 11.6. The third-order valence-electron chi connectivity index (χ3n) is 4.14. The number of hydrogen-bond donors (Lipinski definition) is 2. The average Bonchev–Trinajstić information content (AvgIpc) is 3.12. The van der Waals surface area contributed by atoms with Gasteiger partial charge in [-0.3, -0.25) is 0 Å². The molecule has 10 heteroatoms. The standard InChI is InChI=1S/C18H23N7O2S/c1-14-21-11-15(18(19)22-14)12-25-13-16(23-24-25)7-8-20-9-10-28(26,27)17-5-3-2-4-6-17/h2-6,11,13,20H,7-10,12H2,1H3,(H2,19,21,22). The van der Waals surface area contributed by atoms with Gasteiger partial charge in [-0.05, 0) is 19.1 Å². The molecule has 28 heavy (non-hydrogen) atoms. The van der Waals surface area contributed by atoms with Gasteiger partial charge in [0.05, 0.1) is 22.9 Å². The van der Waals surface area contributed by atoms with Crippen molar-refractivity contribution in [2.24, 2.45) is 0 Å². The number of aromatic nitrogens is 5. The third-order valence-corrected chi connectivity index (χ3v) is 5.88. The van der Waals surface area contributed by atoms with E-state index in [1.54, 1.807) is 48.1 Å². The molecule has 2 heterocycles. The van der Waals surface area contributed by atoms with Crippen molar-refractivity contribution in [3.8, 4) is 0 Å². The minimum Gasteiger partial charge on any atom is -0.383 e. The van der Waals surface area contributed by atoms with Crippen molar-refractivity contribution in [2.45, 2.75) is 24.8 Å². The quantitative estimate of drug-likeness (QED) is 0.499. The van der Waals surface area contributed by atoms with Crippen molar-refractivity contribution in [1.82, 2.24) is 30.3 Å². The molecule has 1 aromatic carbocycles. The minimum absolute atomic E-state index is 0.0520. The van der Waals surface area contributed by atoms with E-state index in [9.17, 15) is 8.42 Å². The number of nitrogens with one attached hydrogen (secondary N) is 1. The first-order chi connectivity index (χ1) is 13.4. The van der Waals surface area contributed by atoms with Gasteiger partial charge in [-0.25, -0.2) is 23.1 Å². The molecule has 148 valence electrons. The smallest absolute Gasteiger partial charge is 0.179 e. The molecular weight excluding hydrogens is 378 g/mol. The number of rotatable bonds is 9. The van der Waals surface area contributed by atoms with Gasteiger partial charge in [0, 0.05) is 37.5 Å². The molecule has 0 bridgehead atoms. The summed E-state index contributed by atoms with van der Waals surface area (Å²) in [6.45, 7) is 3.22. The Labute approximate surface area is 163 Å². The molecule has 3 rings (SSSR count). The van der Waals surface area contributed by atoms with Gasteiger partial charge in [0.1, 0.15) is 11.6 Å². The molecule has 0 unspecified atom stereocenters. The van der Waals surface area contributed by atoms with Crippen LogP contribution in [-0.4, -0.2) is 52.2 Å². The summed E-state index contributed by atoms with van der Waals surface area (Å²) >= 11 is 0. The number of aryl methyl sites for hydroxylation is 1. The van der Waals surface area contributed by atoms with Crippen LogP contribution < -0.4 is 11.1 Å². The number of hydrogen-bond acceptors (Lipinski definition) is 8. The zero-order valence-corrected chi connectivity index (χ0v) is 16.4. The molecule has 0 fully saturated rings. The van der Waals surface area contributed by atoms with E-state index in [0.29, 0.717) is 42.6 Å². The average molecular weight is 401 g/mol. The summed E-state index contributed by atoms with van der Waals surface area (Å²) in [5.74, 6) is 1.11. The second-order valence-electron chi connectivity index (χ2n) is 6.37. The maximum atomic E-state index is 12.2. The van der Waals surface area contributed by atoms with Gasteiger partial charge in [0.15, 0.2) is 9.84 Å². The molecule has 3 N–H and O–H groups in total. The SMILES string of the molecule is Cc1ncc(Cn2cc(CCNCCS(=O)(=O)c3ccccc3)nn2)c(N)n1. The molecule has 0 radical (unpaired) electrons. The van der Waals surface area contributed by atoms with Crippen LogP contribution in [0, 0.1) is 6.92 Å². The van der Waals surface area contributed by atoms with E-state index in [1.165, 1.54) is 0 Å². The van der Waals surface area contributed by atoms with Crippen LogP contribution in [-0.2, 0) is 22.8 Å². The highest BCUT2D eigenvalue weighted by molar-refractivity contribution is 7.91. The lowest BCUT2D eigenvalue weighted by atomic mass is 10.3. The van der Waals surface area contributed by atoms with Crippen LogP contribution in [0.4, 0.5) is 5.82 Å². The molecule has 0 aliphatic carbocycles. The van der Waals surface area contributed by atoms with E-state index in [-0.39, 0.29) is 5.75 Å². The Balaban J connectivity index is 1.44. The topological polar surface area (TPSA) is 129 Å². The van der Waals surface area contributed by atoms with Crippen molar-refractivity contribution < 1.29 is 8.42 Å². The van der Waals surface area contributed by atoms with E-state index >= 15 is 0 Å². The second-order valence-corrected chi connectivity index (χ2v) is 8.48. The fraction of sp³-hybridized carbons (Fsp3) is 0.333. The molecule has 3 aromatic rings. The van der Waals surface area contributed by atoms with Gasteiger partial charge >= 0.3 is 0 Å². The zero-order valence-electron chi connectivity index (χ0n) is 15.6. The van der Waals surface area contributed by atoms with Gasteiger partial charge < -0.3 is 11.1 Å². The summed E-state index contributed by atoms with van der Waals surface area (Å²) in [5.41, 5.74) is 7.49. The lowest BCUT2D eigenvalue weighted by molar-refractivity contribution is 0.590. The monoisotopic (exact) mass is 401 g/mol. The van der Waals surface area contributed by atoms with Crippen LogP contribution >= 0.6 is 0 Å². The first kappa shape index (κ1) is 19.9. The Morgan fingerprint density at radius 3 is 2.71 bits per heavy atom. The van der Waals surface area contributed by atoms with Gasteiger partial charge in [-0.15, -0.1) is 5.10 Å². The number of nitrogens with two attached hydrogens (primary N) is 1. The van der Waals surface area contributed by atoms with Crippen molar-refractivity contribution >= 4 is 15.7 Å². The van der Waals surface area contributed by atoms with E-state index in [4.69, 9.17) is 5.73 Å². The molecule has 0 amide bonds. The highest BCUT2D eigenvalue weighted by Crippen LogP contribution is 2.10. The van der Waals surface area contributed by atoms with Crippen molar-refractivity contribution in [1.29, 1.82) is 0 Å². The molecule has 2 aromatic heterocycles. The predicted molar refractivity (Wildman–Crippen MR) is 105 cm³/mol. The molecule has 0 atom stereocenters. The van der Waals surface area contributed by atoms with Gasteiger partial charge in [0.2, 0.25) is 0 Å². The first-order valence-electron chi connectivity index (χ1n) is 8.89. The fourth-order valence-electron chi connectivity index (χ4n) is 2.63. The van der Waals surface area contributed by atoms with E-state index in [1.807, 2.05) is 6.20 Å². The Hall–Kier alpha value is -2.85. The Morgan fingerprint density at radius 1 is 1.18 bits per heavy atom. The minimum atomic E-state index is -3.26. The van der Waals surface area contributed by atoms with Crippen LogP contribution in [0.1, 0.15) is 17.1 Å². The van der Waals surface area contributed by atoms with E-state index in [2.05, 4.69) is 25.6 Å². The Kier molecular flexibility index (Phi) is 6.32. The van der Waals surface area contributed by atoms with Crippen LogP contribution in [0.15, 0.2) is 47.6 Å². The highest BCUT2D eigenvalue weighted by Gasteiger charge is 2.13. The van der Waals surface area contributed by atoms with Gasteiger partial charge in [-0.2, -0.15) is 0 Å². The summed E-state index contributed by atoms with van der Waals surface area (Å²) in [7, 11) is -3.26. The number of nitrogen functional groups attached to an aromatic ring is 1. The third kappa shape index (κ3) is 5.33. The van der Waals surface area contributed by atoms with E-state index < -0.39 is 9.84 Å². The number of nitrogens with zero attached hydrogens (tertiary/aromatic N) is 5. The summed E-state index contributed by atoms with van der Waals surface area (Å²) < 4.78 is 26.1. The molecule has 0 aliphatic heterocycles. The van der Waals surface area contributed by atoms with Gasteiger partial charge in [0.25, 0.3) is 0 Å². The second kappa shape index (κ2) is 8.89. The summed E-state index contributed by atoms with van der Waals surface area (Å²) in [4.78, 5) is 8.62. The van der Waals surface area contributed by atoms with Crippen LogP contribution in [0.25, 0.3) is 0 Å². The number of sulfone groups is 1. The molecule has 0 spiro atoms. The van der Waals surface area contributed by atoms with Crippen LogP contribution in [0.3, 0.4) is 0 Å². The van der Waals surface area contributed by atoms with Crippen molar-refractivity contribution in [2.75, 3.05) is 24.6 Å². The molecule has 0 saturated heterocycles. The maximum Gasteiger partial charge on any atom is 0.179 e. The summed E-state index contributed by atoms with van der Waals surface area (Å²) in [6, 6.07) is 8.46. The predicted octanol–water partition coefficient (Wildman–Crippen LogP) is 0.613. The molecule has 0 aliphatic rings. The zero-order chi connectivity index (χ0) is 20.0. The van der Waals surface area contributed by atoms with Crippen LogP contribution in [0.2, 0.25) is 0 Å². The number of benzene rings is 1. The van der Waals surface area contributed by atoms with Gasteiger partial charge in [-0.1, -0.05) is 23.4 Å². The number of anilines is 1. The van der Waals surface area contributed by atoms with Crippen molar-refractivity contribution in [3.05, 3.63) is 59.8 Å². The highest BCUT2D eigenvalue weighted by atomic mass is 32.2. The first-order valence-corrected chi connectivity index (χ1v) is 10.5.